The molecule has 3 rings (SSSR count). The summed E-state index contributed by atoms with van der Waals surface area (Å²) in [4.78, 5) is 0. The number of ether oxygens (including phenoxy) is 3. The molecule has 3 heterocycles. The topological polar surface area (TPSA) is 53.7 Å². The molecule has 5 atom stereocenters. The molecule has 0 radical (unpaired) electrons. The predicted octanol–water partition coefficient (Wildman–Crippen LogP) is 1.18. The van der Waals surface area contributed by atoms with Crippen LogP contribution in [0, 0.1) is 0 Å². The molecule has 4 unspecified atom stereocenters. The third kappa shape index (κ3) is 1.30. The molecular weight excluding hydrogens is 206 g/mol. The van der Waals surface area contributed by atoms with Crippen LogP contribution < -0.4 is 5.73 Å². The Bertz CT molecular complexity index is 304. The first-order valence-corrected chi connectivity index (χ1v) is 6.06. The quantitative estimate of drug-likeness (QED) is 0.675. The fourth-order valence-corrected chi connectivity index (χ4v) is 3.73. The molecular formula is C12H21NO3. The number of nitrogens with two attached hydrogens (primary N) is 1. The van der Waals surface area contributed by atoms with Gasteiger partial charge in [-0.2, -0.15) is 0 Å². The molecule has 2 N–H and O–H groups in total. The zero-order valence-corrected chi connectivity index (χ0v) is 10.4. The van der Waals surface area contributed by atoms with Crippen LogP contribution in [0.25, 0.3) is 0 Å². The molecule has 0 amide bonds. The fourth-order valence-electron chi connectivity index (χ4n) is 3.73. The van der Waals surface area contributed by atoms with E-state index >= 15 is 0 Å². The highest BCUT2D eigenvalue weighted by Gasteiger charge is 2.68. The van der Waals surface area contributed by atoms with Crippen LogP contribution in [0.2, 0.25) is 0 Å². The lowest BCUT2D eigenvalue weighted by molar-refractivity contribution is -0.241. The van der Waals surface area contributed by atoms with Gasteiger partial charge in [-0.3, -0.25) is 0 Å². The monoisotopic (exact) mass is 227 g/mol. The standard InChI is InChI=1S/C12H21NO3/c1-10(2)14-8-9(15-10)12(4)6-7(13)5-11(8,3)16-12/h7-9H,5-6,13H2,1-4H3/t7?,8?,9?,11-,12?/m0/s1. The first kappa shape index (κ1) is 11.0. The van der Waals surface area contributed by atoms with Gasteiger partial charge >= 0.3 is 0 Å². The molecule has 0 aliphatic carbocycles. The average Bonchev–Trinajstić information content (AvgIpc) is 2.45. The van der Waals surface area contributed by atoms with Gasteiger partial charge in [0.2, 0.25) is 0 Å². The van der Waals surface area contributed by atoms with E-state index in [2.05, 4.69) is 13.8 Å². The van der Waals surface area contributed by atoms with Gasteiger partial charge in [-0.25, -0.2) is 0 Å². The lowest BCUT2D eigenvalue weighted by Crippen LogP contribution is -2.51. The fraction of sp³-hybridized carbons (Fsp3) is 1.00. The summed E-state index contributed by atoms with van der Waals surface area (Å²) in [5.41, 5.74) is 5.53. The van der Waals surface area contributed by atoms with Crippen LogP contribution >= 0.6 is 0 Å². The minimum atomic E-state index is -0.497. The van der Waals surface area contributed by atoms with E-state index in [1.165, 1.54) is 0 Å². The second-order valence-electron chi connectivity index (χ2n) is 6.37. The summed E-state index contributed by atoms with van der Waals surface area (Å²) in [6.07, 6.45) is 1.73. The van der Waals surface area contributed by atoms with E-state index in [-0.39, 0.29) is 29.5 Å². The van der Waals surface area contributed by atoms with E-state index in [0.717, 1.165) is 12.8 Å². The summed E-state index contributed by atoms with van der Waals surface area (Å²) in [7, 11) is 0. The molecule has 0 spiro atoms. The number of rotatable bonds is 0. The van der Waals surface area contributed by atoms with Crippen LogP contribution in [0.4, 0.5) is 0 Å². The lowest BCUT2D eigenvalue weighted by atomic mass is 9.90. The Hall–Kier alpha value is -0.160. The second kappa shape index (κ2) is 2.80. The number of fused-ring (bicyclic) bond motifs is 5. The molecule has 3 saturated heterocycles. The average molecular weight is 227 g/mol. The van der Waals surface area contributed by atoms with Crippen LogP contribution in [-0.2, 0) is 14.2 Å². The Morgan fingerprint density at radius 2 is 1.38 bits per heavy atom. The number of hydrogen-bond acceptors (Lipinski definition) is 4. The molecule has 0 saturated carbocycles. The highest BCUT2D eigenvalue weighted by molar-refractivity contribution is 5.15. The van der Waals surface area contributed by atoms with Crippen molar-refractivity contribution in [3.8, 4) is 0 Å². The molecule has 0 aromatic heterocycles. The van der Waals surface area contributed by atoms with E-state index in [4.69, 9.17) is 19.9 Å². The Balaban J connectivity index is 1.99. The lowest BCUT2D eigenvalue weighted by Gasteiger charge is -2.42. The smallest absolute Gasteiger partial charge is 0.164 e. The van der Waals surface area contributed by atoms with Gasteiger partial charge in [0.05, 0.1) is 11.2 Å². The molecule has 92 valence electrons. The predicted molar refractivity (Wildman–Crippen MR) is 58.9 cm³/mol. The zero-order chi connectivity index (χ0) is 11.8. The first-order chi connectivity index (χ1) is 7.24. The van der Waals surface area contributed by atoms with Crippen molar-refractivity contribution in [2.24, 2.45) is 5.73 Å². The normalized spacial score (nSPS) is 58.7. The van der Waals surface area contributed by atoms with Crippen molar-refractivity contribution in [2.45, 2.75) is 75.8 Å². The van der Waals surface area contributed by atoms with E-state index in [1.807, 2.05) is 13.8 Å². The maximum absolute atomic E-state index is 6.17. The molecule has 3 aliphatic heterocycles. The zero-order valence-electron chi connectivity index (χ0n) is 10.4. The molecule has 3 fully saturated rings. The van der Waals surface area contributed by atoms with E-state index in [1.54, 1.807) is 0 Å². The van der Waals surface area contributed by atoms with Crippen molar-refractivity contribution >= 4 is 0 Å². The van der Waals surface area contributed by atoms with Crippen molar-refractivity contribution in [1.82, 2.24) is 0 Å². The van der Waals surface area contributed by atoms with Gasteiger partial charge in [-0.15, -0.1) is 0 Å². The summed E-state index contributed by atoms with van der Waals surface area (Å²) in [6.45, 7) is 8.13. The molecule has 4 heteroatoms. The van der Waals surface area contributed by atoms with E-state index < -0.39 is 5.79 Å². The molecule has 2 bridgehead atoms. The van der Waals surface area contributed by atoms with Gasteiger partial charge in [0.25, 0.3) is 0 Å². The number of hydrogen-bond donors (Lipinski definition) is 1. The van der Waals surface area contributed by atoms with Gasteiger partial charge in [0, 0.05) is 6.04 Å². The summed E-state index contributed by atoms with van der Waals surface area (Å²) in [6, 6.07) is 0.185. The Morgan fingerprint density at radius 1 is 0.938 bits per heavy atom. The largest absolute Gasteiger partial charge is 0.363 e. The van der Waals surface area contributed by atoms with Crippen molar-refractivity contribution in [1.29, 1.82) is 0 Å². The highest BCUT2D eigenvalue weighted by atomic mass is 16.8. The van der Waals surface area contributed by atoms with Gasteiger partial charge < -0.3 is 19.9 Å². The van der Waals surface area contributed by atoms with Gasteiger partial charge in [0.15, 0.2) is 5.79 Å². The van der Waals surface area contributed by atoms with Crippen LogP contribution in [0.5, 0.6) is 0 Å². The van der Waals surface area contributed by atoms with Crippen molar-refractivity contribution < 1.29 is 14.2 Å². The summed E-state index contributed by atoms with van der Waals surface area (Å²) >= 11 is 0. The van der Waals surface area contributed by atoms with Crippen molar-refractivity contribution in [3.63, 3.8) is 0 Å². The van der Waals surface area contributed by atoms with Gasteiger partial charge in [-0.1, -0.05) is 0 Å². The minimum absolute atomic E-state index is 0.0149. The van der Waals surface area contributed by atoms with Crippen LogP contribution in [0.1, 0.15) is 40.5 Å². The second-order valence-corrected chi connectivity index (χ2v) is 6.37. The maximum atomic E-state index is 6.17. The molecule has 16 heavy (non-hydrogen) atoms. The van der Waals surface area contributed by atoms with Gasteiger partial charge in [0.1, 0.15) is 12.2 Å². The van der Waals surface area contributed by atoms with Crippen LogP contribution in [0.3, 0.4) is 0 Å². The van der Waals surface area contributed by atoms with Gasteiger partial charge in [-0.05, 0) is 40.5 Å². The summed E-state index contributed by atoms with van der Waals surface area (Å²) in [5.74, 6) is -0.497. The SMILES string of the molecule is CC1(C)OC2C(O1)[C@]1(C)CC(N)CC2(C)O1. The Labute approximate surface area is 96.4 Å². The third-order valence-corrected chi connectivity index (χ3v) is 4.10. The third-order valence-electron chi connectivity index (χ3n) is 4.10. The molecule has 3 aliphatic rings. The van der Waals surface area contributed by atoms with Crippen molar-refractivity contribution in [3.05, 3.63) is 0 Å². The minimum Gasteiger partial charge on any atom is -0.363 e. The highest BCUT2D eigenvalue weighted by Crippen LogP contribution is 2.54. The molecule has 0 aromatic carbocycles. The Kier molecular flexibility index (Phi) is 1.92. The van der Waals surface area contributed by atoms with E-state index in [9.17, 15) is 0 Å². The summed E-state index contributed by atoms with van der Waals surface area (Å²) < 4.78 is 18.2. The molecule has 4 nitrogen and oxygen atoms in total. The summed E-state index contributed by atoms with van der Waals surface area (Å²) in [5, 5.41) is 0. The van der Waals surface area contributed by atoms with E-state index in [0.29, 0.717) is 0 Å². The van der Waals surface area contributed by atoms with Crippen molar-refractivity contribution in [2.75, 3.05) is 0 Å². The Morgan fingerprint density at radius 3 is 1.81 bits per heavy atom. The first-order valence-electron chi connectivity index (χ1n) is 6.06. The molecule has 0 aromatic rings. The van der Waals surface area contributed by atoms with Crippen LogP contribution in [0.15, 0.2) is 0 Å². The van der Waals surface area contributed by atoms with Crippen LogP contribution in [-0.4, -0.2) is 35.2 Å². The maximum Gasteiger partial charge on any atom is 0.164 e.